The van der Waals surface area contributed by atoms with Crippen molar-refractivity contribution >= 4 is 5.69 Å². The number of hydrogen-bond donors (Lipinski definition) is 1. The number of benzene rings is 1. The normalized spacial score (nSPS) is 10.9. The molecule has 0 bridgehead atoms. The first-order valence-corrected chi connectivity index (χ1v) is 7.19. The van der Waals surface area contributed by atoms with E-state index in [1.165, 1.54) is 0 Å². The molecule has 0 fully saturated rings. The van der Waals surface area contributed by atoms with E-state index in [9.17, 15) is 0 Å². The number of methoxy groups -OCH3 is 1. The zero-order chi connectivity index (χ0) is 15.2. The molecule has 0 atom stereocenters. The van der Waals surface area contributed by atoms with Crippen molar-refractivity contribution in [2.24, 2.45) is 0 Å². The highest BCUT2D eigenvalue weighted by molar-refractivity contribution is 5.51. The van der Waals surface area contributed by atoms with Gasteiger partial charge in [-0.15, -0.1) is 0 Å². The topological polar surface area (TPSA) is 51.4 Å². The Morgan fingerprint density at radius 2 is 2.00 bits per heavy atom. The van der Waals surface area contributed by atoms with Crippen molar-refractivity contribution < 1.29 is 4.74 Å². The number of nitrogen functional groups attached to an aromatic ring is 1. The summed E-state index contributed by atoms with van der Waals surface area (Å²) in [5, 5.41) is 0. The van der Waals surface area contributed by atoms with Crippen molar-refractivity contribution in [3.05, 3.63) is 53.3 Å². The first kappa shape index (κ1) is 15.3. The van der Waals surface area contributed by atoms with E-state index in [-0.39, 0.29) is 0 Å². The summed E-state index contributed by atoms with van der Waals surface area (Å²) in [6.07, 6.45) is 0. The average Bonchev–Trinajstić information content (AvgIpc) is 2.48. The Labute approximate surface area is 126 Å². The van der Waals surface area contributed by atoms with Gasteiger partial charge in [-0.3, -0.25) is 9.88 Å². The summed E-state index contributed by atoms with van der Waals surface area (Å²) in [7, 11) is 1.65. The van der Waals surface area contributed by atoms with Crippen LogP contribution in [0.1, 0.15) is 23.9 Å². The highest BCUT2D eigenvalue weighted by Crippen LogP contribution is 2.21. The van der Waals surface area contributed by atoms with Crippen molar-refractivity contribution in [3.63, 3.8) is 0 Å². The number of anilines is 1. The molecule has 0 amide bonds. The summed E-state index contributed by atoms with van der Waals surface area (Å²) < 4.78 is 5.19. The van der Waals surface area contributed by atoms with Crippen LogP contribution in [-0.2, 0) is 13.1 Å². The van der Waals surface area contributed by atoms with Crippen molar-refractivity contribution in [1.29, 1.82) is 0 Å². The fraction of sp³-hybridized carbons (Fsp3) is 0.353. The minimum Gasteiger partial charge on any atom is -0.497 e. The average molecular weight is 285 g/mol. The molecule has 4 nitrogen and oxygen atoms in total. The molecule has 1 aromatic carbocycles. The molecule has 0 unspecified atom stereocenters. The van der Waals surface area contributed by atoms with Crippen molar-refractivity contribution in [3.8, 4) is 5.75 Å². The molecule has 0 aliphatic heterocycles. The van der Waals surface area contributed by atoms with Crippen LogP contribution in [0.25, 0.3) is 0 Å². The summed E-state index contributed by atoms with van der Waals surface area (Å²) in [6, 6.07) is 12.0. The lowest BCUT2D eigenvalue weighted by Crippen LogP contribution is -2.23. The minimum atomic E-state index is 0.769. The summed E-state index contributed by atoms with van der Waals surface area (Å²) in [4.78, 5) is 6.88. The van der Waals surface area contributed by atoms with E-state index in [1.54, 1.807) is 7.11 Å². The van der Waals surface area contributed by atoms with E-state index < -0.39 is 0 Å². The van der Waals surface area contributed by atoms with Gasteiger partial charge in [0.15, 0.2) is 0 Å². The van der Waals surface area contributed by atoms with Crippen LogP contribution in [0.3, 0.4) is 0 Å². The third kappa shape index (κ3) is 4.20. The second-order valence-corrected chi connectivity index (χ2v) is 5.14. The maximum Gasteiger partial charge on any atom is 0.120 e. The molecule has 4 heteroatoms. The third-order valence-corrected chi connectivity index (χ3v) is 3.53. The molecule has 112 valence electrons. The van der Waals surface area contributed by atoms with Crippen molar-refractivity contribution in [1.82, 2.24) is 9.88 Å². The predicted molar refractivity (Wildman–Crippen MR) is 86.2 cm³/mol. The Bertz CT molecular complexity index is 598. The van der Waals surface area contributed by atoms with Crippen LogP contribution in [0.2, 0.25) is 0 Å². The van der Waals surface area contributed by atoms with Crippen LogP contribution in [0, 0.1) is 6.92 Å². The Kier molecular flexibility index (Phi) is 5.17. The minimum absolute atomic E-state index is 0.769. The van der Waals surface area contributed by atoms with Gasteiger partial charge < -0.3 is 10.5 Å². The lowest BCUT2D eigenvalue weighted by molar-refractivity contribution is 0.268. The first-order valence-electron chi connectivity index (χ1n) is 7.19. The van der Waals surface area contributed by atoms with Crippen molar-refractivity contribution in [2.45, 2.75) is 26.9 Å². The number of aryl methyl sites for hydroxylation is 1. The maximum absolute atomic E-state index is 6.10. The van der Waals surface area contributed by atoms with E-state index in [1.807, 2.05) is 37.3 Å². The van der Waals surface area contributed by atoms with Gasteiger partial charge in [0.25, 0.3) is 0 Å². The molecule has 1 heterocycles. The lowest BCUT2D eigenvalue weighted by Gasteiger charge is -2.21. The summed E-state index contributed by atoms with van der Waals surface area (Å²) in [5.74, 6) is 0.791. The van der Waals surface area contributed by atoms with Crippen LogP contribution in [-0.4, -0.2) is 23.5 Å². The van der Waals surface area contributed by atoms with E-state index in [0.717, 1.165) is 48.0 Å². The van der Waals surface area contributed by atoms with E-state index in [4.69, 9.17) is 10.5 Å². The number of nitrogens with zero attached hydrogens (tertiary/aromatic N) is 2. The van der Waals surface area contributed by atoms with Gasteiger partial charge in [0, 0.05) is 30.5 Å². The monoisotopic (exact) mass is 285 g/mol. The molecular weight excluding hydrogens is 262 g/mol. The number of rotatable bonds is 6. The third-order valence-electron chi connectivity index (χ3n) is 3.53. The van der Waals surface area contributed by atoms with Crippen LogP contribution >= 0.6 is 0 Å². The van der Waals surface area contributed by atoms with Gasteiger partial charge in [-0.1, -0.05) is 19.1 Å². The van der Waals surface area contributed by atoms with Gasteiger partial charge in [0.2, 0.25) is 0 Å². The summed E-state index contributed by atoms with van der Waals surface area (Å²) in [6.45, 7) is 6.74. The number of aromatic nitrogens is 1. The Morgan fingerprint density at radius 1 is 1.19 bits per heavy atom. The van der Waals surface area contributed by atoms with Gasteiger partial charge in [0.1, 0.15) is 5.75 Å². The molecule has 1 aromatic heterocycles. The fourth-order valence-corrected chi connectivity index (χ4v) is 2.28. The molecule has 0 saturated heterocycles. The maximum atomic E-state index is 6.10. The van der Waals surface area contributed by atoms with Gasteiger partial charge in [-0.25, -0.2) is 0 Å². The number of hydrogen-bond acceptors (Lipinski definition) is 4. The molecule has 0 aliphatic carbocycles. The summed E-state index contributed by atoms with van der Waals surface area (Å²) >= 11 is 0. The SMILES string of the molecule is CCN(Cc1cccc(C)n1)Cc1ccc(OC)cc1N. The number of pyridine rings is 1. The Morgan fingerprint density at radius 3 is 2.62 bits per heavy atom. The largest absolute Gasteiger partial charge is 0.497 e. The molecule has 2 N–H and O–H groups in total. The molecule has 0 saturated carbocycles. The van der Waals surface area contributed by atoms with Crippen LogP contribution < -0.4 is 10.5 Å². The molecular formula is C17H23N3O. The smallest absolute Gasteiger partial charge is 0.120 e. The molecule has 2 rings (SSSR count). The molecule has 0 radical (unpaired) electrons. The lowest BCUT2D eigenvalue weighted by atomic mass is 10.1. The van der Waals surface area contributed by atoms with Crippen LogP contribution in [0.15, 0.2) is 36.4 Å². The van der Waals surface area contributed by atoms with E-state index >= 15 is 0 Å². The van der Waals surface area contributed by atoms with Gasteiger partial charge in [-0.2, -0.15) is 0 Å². The first-order chi connectivity index (χ1) is 10.1. The Hall–Kier alpha value is -2.07. The van der Waals surface area contributed by atoms with Crippen LogP contribution in [0.5, 0.6) is 5.75 Å². The van der Waals surface area contributed by atoms with E-state index in [2.05, 4.69) is 22.9 Å². The fourth-order valence-electron chi connectivity index (χ4n) is 2.28. The van der Waals surface area contributed by atoms with Gasteiger partial charge in [-0.05, 0) is 37.2 Å². The zero-order valence-corrected chi connectivity index (χ0v) is 13.0. The molecule has 2 aromatic rings. The van der Waals surface area contributed by atoms with Gasteiger partial charge in [0.05, 0.1) is 12.8 Å². The molecule has 0 aliphatic rings. The van der Waals surface area contributed by atoms with Gasteiger partial charge >= 0.3 is 0 Å². The highest BCUT2D eigenvalue weighted by Gasteiger charge is 2.09. The van der Waals surface area contributed by atoms with E-state index in [0.29, 0.717) is 0 Å². The second-order valence-electron chi connectivity index (χ2n) is 5.14. The molecule has 21 heavy (non-hydrogen) atoms. The predicted octanol–water partition coefficient (Wildman–Crippen LogP) is 3.00. The standard InChI is InChI=1S/C17H23N3O/c1-4-20(12-15-7-5-6-13(2)19-15)11-14-8-9-16(21-3)10-17(14)18/h5-10H,4,11-12,18H2,1-3H3. The van der Waals surface area contributed by atoms with Crippen LogP contribution in [0.4, 0.5) is 5.69 Å². The zero-order valence-electron chi connectivity index (χ0n) is 13.0. The quantitative estimate of drug-likeness (QED) is 0.829. The van der Waals surface area contributed by atoms with Crippen molar-refractivity contribution in [2.75, 3.05) is 19.4 Å². The summed E-state index contributed by atoms with van der Waals surface area (Å²) in [5.41, 5.74) is 10.1. The highest BCUT2D eigenvalue weighted by atomic mass is 16.5. The number of nitrogens with two attached hydrogens (primary N) is 1. The number of ether oxygens (including phenoxy) is 1. The second kappa shape index (κ2) is 7.09. The molecule has 0 spiro atoms. The Balaban J connectivity index is 2.08.